The predicted octanol–water partition coefficient (Wildman–Crippen LogP) is 1.80. The predicted molar refractivity (Wildman–Crippen MR) is 49.0 cm³/mol. The minimum Gasteiger partial charge on any atom is -0.495 e. The molecule has 0 saturated carbocycles. The molecule has 0 amide bonds. The number of ether oxygens (including phenoxy) is 2. The summed E-state index contributed by atoms with van der Waals surface area (Å²) < 4.78 is 10.2. The lowest BCUT2D eigenvalue weighted by Crippen LogP contribution is -2.22. The number of carbonyl (C=O) groups is 1. The average molecular weight is 182 g/mol. The molecule has 0 radical (unpaired) electrons. The second kappa shape index (κ2) is 4.70. The van der Waals surface area contributed by atoms with E-state index in [1.807, 2.05) is 6.08 Å². The monoisotopic (exact) mass is 182 g/mol. The Hall–Kier alpha value is -1.25. The van der Waals surface area contributed by atoms with E-state index >= 15 is 0 Å². The Morgan fingerprint density at radius 2 is 2.54 bits per heavy atom. The molecule has 1 aliphatic rings. The van der Waals surface area contributed by atoms with Crippen LogP contribution >= 0.6 is 0 Å². The minimum atomic E-state index is -0.349. The second-order valence-corrected chi connectivity index (χ2v) is 3.09. The van der Waals surface area contributed by atoms with Gasteiger partial charge in [-0.25, -0.2) is 4.79 Å². The highest BCUT2D eigenvalue weighted by Gasteiger charge is 2.13. The first kappa shape index (κ1) is 9.84. The Morgan fingerprint density at radius 1 is 1.77 bits per heavy atom. The van der Waals surface area contributed by atoms with E-state index in [0.29, 0.717) is 12.2 Å². The van der Waals surface area contributed by atoms with Crippen molar-refractivity contribution in [3.8, 4) is 0 Å². The summed E-state index contributed by atoms with van der Waals surface area (Å²) in [6, 6.07) is 0. The Kier molecular flexibility index (Phi) is 3.55. The van der Waals surface area contributed by atoms with Crippen LogP contribution in [0.3, 0.4) is 0 Å². The van der Waals surface area contributed by atoms with Crippen molar-refractivity contribution in [3.05, 3.63) is 24.5 Å². The largest absolute Gasteiger partial charge is 0.495 e. The van der Waals surface area contributed by atoms with Crippen molar-refractivity contribution in [3.63, 3.8) is 0 Å². The van der Waals surface area contributed by atoms with Gasteiger partial charge in [0, 0.05) is 5.57 Å². The highest BCUT2D eigenvalue weighted by atomic mass is 16.6. The molecule has 0 N–H and O–H groups in total. The first-order chi connectivity index (χ1) is 6.20. The lowest BCUT2D eigenvalue weighted by atomic mass is 10.2. The zero-order chi connectivity index (χ0) is 9.68. The van der Waals surface area contributed by atoms with E-state index in [1.54, 1.807) is 13.2 Å². The van der Waals surface area contributed by atoms with Gasteiger partial charge in [-0.15, -0.1) is 0 Å². The zero-order valence-corrected chi connectivity index (χ0v) is 7.79. The van der Waals surface area contributed by atoms with Crippen molar-refractivity contribution in [2.75, 3.05) is 6.61 Å². The van der Waals surface area contributed by atoms with Gasteiger partial charge in [0.15, 0.2) is 0 Å². The van der Waals surface area contributed by atoms with Crippen LogP contribution < -0.4 is 0 Å². The molecule has 3 heteroatoms. The highest BCUT2D eigenvalue weighted by molar-refractivity contribution is 5.86. The van der Waals surface area contributed by atoms with Gasteiger partial charge in [-0.2, -0.15) is 0 Å². The van der Waals surface area contributed by atoms with E-state index in [-0.39, 0.29) is 12.1 Å². The first-order valence-electron chi connectivity index (χ1n) is 4.33. The van der Waals surface area contributed by atoms with Crippen LogP contribution in [0.5, 0.6) is 0 Å². The van der Waals surface area contributed by atoms with Crippen LogP contribution in [0, 0.1) is 0 Å². The Labute approximate surface area is 78.0 Å². The summed E-state index contributed by atoms with van der Waals surface area (Å²) in [5.41, 5.74) is 0.423. The first-order valence-corrected chi connectivity index (χ1v) is 4.33. The normalized spacial score (nSPS) is 20.5. The molecule has 0 fully saturated rings. The summed E-state index contributed by atoms with van der Waals surface area (Å²) in [4.78, 5) is 11.0. The third-order valence-electron chi connectivity index (χ3n) is 1.77. The summed E-state index contributed by atoms with van der Waals surface area (Å²) in [7, 11) is 0. The van der Waals surface area contributed by atoms with Gasteiger partial charge >= 0.3 is 5.97 Å². The molecule has 1 rings (SSSR count). The van der Waals surface area contributed by atoms with Crippen LogP contribution in [0.25, 0.3) is 0 Å². The van der Waals surface area contributed by atoms with Crippen LogP contribution in [-0.4, -0.2) is 18.7 Å². The second-order valence-electron chi connectivity index (χ2n) is 3.09. The lowest BCUT2D eigenvalue weighted by Gasteiger charge is -2.18. The SMILES string of the molecule is C=C(C)C(=O)OC[C@H]1CCC=CO1. The molecule has 0 aromatic carbocycles. The molecule has 72 valence electrons. The Balaban J connectivity index is 2.22. The lowest BCUT2D eigenvalue weighted by molar-refractivity contribution is -0.142. The van der Waals surface area contributed by atoms with Gasteiger partial charge in [-0.1, -0.05) is 6.58 Å². The van der Waals surface area contributed by atoms with E-state index in [4.69, 9.17) is 9.47 Å². The third-order valence-corrected chi connectivity index (χ3v) is 1.77. The molecule has 0 spiro atoms. The summed E-state index contributed by atoms with van der Waals surface area (Å²) in [5, 5.41) is 0. The quantitative estimate of drug-likeness (QED) is 0.493. The molecule has 1 atom stereocenters. The molecular weight excluding hydrogens is 168 g/mol. The fraction of sp³-hybridized carbons (Fsp3) is 0.500. The Bertz CT molecular complexity index is 230. The highest BCUT2D eigenvalue weighted by Crippen LogP contribution is 2.10. The van der Waals surface area contributed by atoms with Gasteiger partial charge in [0.2, 0.25) is 0 Å². The molecule has 1 aliphatic heterocycles. The van der Waals surface area contributed by atoms with Gasteiger partial charge in [0.1, 0.15) is 12.7 Å². The van der Waals surface area contributed by atoms with Crippen LogP contribution in [-0.2, 0) is 14.3 Å². The number of rotatable bonds is 3. The molecule has 0 saturated heterocycles. The molecule has 0 unspecified atom stereocenters. The van der Waals surface area contributed by atoms with Crippen molar-refractivity contribution < 1.29 is 14.3 Å². The number of carbonyl (C=O) groups excluding carboxylic acids is 1. The van der Waals surface area contributed by atoms with Crippen molar-refractivity contribution in [2.24, 2.45) is 0 Å². The van der Waals surface area contributed by atoms with E-state index in [9.17, 15) is 4.79 Å². The summed E-state index contributed by atoms with van der Waals surface area (Å²) in [6.07, 6.45) is 5.50. The van der Waals surface area contributed by atoms with E-state index in [1.165, 1.54) is 0 Å². The van der Waals surface area contributed by atoms with E-state index < -0.39 is 0 Å². The molecule has 0 aromatic rings. The minimum absolute atomic E-state index is 0.00769. The molecule has 3 nitrogen and oxygen atoms in total. The van der Waals surface area contributed by atoms with Gasteiger partial charge in [0.25, 0.3) is 0 Å². The standard InChI is InChI=1S/C10H14O3/c1-8(2)10(11)13-7-9-5-3-4-6-12-9/h4,6,9H,1,3,5,7H2,2H3/t9-/m1/s1. The summed E-state index contributed by atoms with van der Waals surface area (Å²) in [6.45, 7) is 5.43. The number of hydrogen-bond donors (Lipinski definition) is 0. The van der Waals surface area contributed by atoms with Crippen LogP contribution in [0.2, 0.25) is 0 Å². The fourth-order valence-electron chi connectivity index (χ4n) is 0.999. The maximum absolute atomic E-state index is 11.0. The molecule has 0 aromatic heterocycles. The van der Waals surface area contributed by atoms with Crippen LogP contribution in [0.15, 0.2) is 24.5 Å². The molecule has 13 heavy (non-hydrogen) atoms. The molecule has 0 bridgehead atoms. The van der Waals surface area contributed by atoms with Crippen molar-refractivity contribution >= 4 is 5.97 Å². The van der Waals surface area contributed by atoms with Crippen molar-refractivity contribution in [1.29, 1.82) is 0 Å². The molecule has 1 heterocycles. The van der Waals surface area contributed by atoms with Crippen LogP contribution in [0.4, 0.5) is 0 Å². The maximum Gasteiger partial charge on any atom is 0.333 e. The third kappa shape index (κ3) is 3.32. The number of hydrogen-bond acceptors (Lipinski definition) is 3. The van der Waals surface area contributed by atoms with Gasteiger partial charge in [-0.05, 0) is 25.8 Å². The van der Waals surface area contributed by atoms with Gasteiger partial charge in [-0.3, -0.25) is 0 Å². The number of allylic oxidation sites excluding steroid dienone is 1. The topological polar surface area (TPSA) is 35.5 Å². The molecule has 0 aliphatic carbocycles. The van der Waals surface area contributed by atoms with Gasteiger partial charge < -0.3 is 9.47 Å². The van der Waals surface area contributed by atoms with Crippen LogP contribution in [0.1, 0.15) is 19.8 Å². The fourth-order valence-corrected chi connectivity index (χ4v) is 0.999. The van der Waals surface area contributed by atoms with Crippen molar-refractivity contribution in [2.45, 2.75) is 25.9 Å². The van der Waals surface area contributed by atoms with Gasteiger partial charge in [0.05, 0.1) is 6.26 Å². The van der Waals surface area contributed by atoms with Crippen molar-refractivity contribution in [1.82, 2.24) is 0 Å². The molecular formula is C10H14O3. The Morgan fingerprint density at radius 3 is 3.08 bits per heavy atom. The summed E-state index contributed by atoms with van der Waals surface area (Å²) in [5.74, 6) is -0.349. The van der Waals surface area contributed by atoms with E-state index in [0.717, 1.165) is 12.8 Å². The zero-order valence-electron chi connectivity index (χ0n) is 7.79. The van der Waals surface area contributed by atoms with E-state index in [2.05, 4.69) is 6.58 Å². The maximum atomic E-state index is 11.0. The number of esters is 1. The summed E-state index contributed by atoms with van der Waals surface area (Å²) >= 11 is 0. The average Bonchev–Trinajstić information content (AvgIpc) is 2.15. The smallest absolute Gasteiger partial charge is 0.333 e.